The molecule has 2 aliphatic rings. The van der Waals surface area contributed by atoms with Crippen LogP contribution in [-0.2, 0) is 0 Å². The summed E-state index contributed by atoms with van der Waals surface area (Å²) in [6, 6.07) is 38.9. The summed E-state index contributed by atoms with van der Waals surface area (Å²) in [5.74, 6) is 0.524. The second-order valence-electron chi connectivity index (χ2n) is 10.8. The highest BCUT2D eigenvalue weighted by molar-refractivity contribution is 5.70. The summed E-state index contributed by atoms with van der Waals surface area (Å²) < 4.78 is 0. The Morgan fingerprint density at radius 1 is 0.634 bits per heavy atom. The van der Waals surface area contributed by atoms with Crippen molar-refractivity contribution in [2.75, 3.05) is 30.4 Å². The monoisotopic (exact) mass is 541 g/mol. The molecular formula is C38H43N3. The highest BCUT2D eigenvalue weighted by Crippen LogP contribution is 2.36. The van der Waals surface area contributed by atoms with Gasteiger partial charge < -0.3 is 16.0 Å². The van der Waals surface area contributed by atoms with Crippen molar-refractivity contribution in [2.24, 2.45) is 5.92 Å². The maximum Gasteiger partial charge on any atom is 0.0411 e. The molecule has 3 nitrogen and oxygen atoms in total. The van der Waals surface area contributed by atoms with Crippen molar-refractivity contribution in [3.63, 3.8) is 0 Å². The van der Waals surface area contributed by atoms with E-state index in [0.717, 1.165) is 13.0 Å². The number of allylic oxidation sites excluding steroid dienone is 5. The van der Waals surface area contributed by atoms with Crippen LogP contribution in [0.15, 0.2) is 145 Å². The predicted molar refractivity (Wildman–Crippen MR) is 179 cm³/mol. The van der Waals surface area contributed by atoms with Crippen molar-refractivity contribution >= 4 is 17.1 Å². The van der Waals surface area contributed by atoms with E-state index >= 15 is 0 Å². The molecule has 0 saturated heterocycles. The quantitative estimate of drug-likeness (QED) is 0.264. The Labute approximate surface area is 246 Å². The molecule has 3 N–H and O–H groups in total. The molecule has 1 unspecified atom stereocenters. The van der Waals surface area contributed by atoms with Crippen LogP contribution < -0.4 is 16.0 Å². The summed E-state index contributed by atoms with van der Waals surface area (Å²) >= 11 is 0. The first-order chi connectivity index (χ1) is 19.6. The standard InChI is InChI=1S/C29H27N.C9H13N.H3N/c1-3-10-23(11-4-1)24-18-20-28(21-19-24)30(27-15-5-2-6-16-27)22-26-14-9-13-25-12-7-8-17-29(25)26;1-8-4-6-9(7-5-8)10(2)3;/h1-6,8-11,13,15-21,26H,7,12,14,22H2;4-7H,1-3H3;1H3. The molecule has 4 aromatic rings. The van der Waals surface area contributed by atoms with Gasteiger partial charge in [-0.15, -0.1) is 0 Å². The van der Waals surface area contributed by atoms with Crippen LogP contribution in [-0.4, -0.2) is 20.6 Å². The van der Waals surface area contributed by atoms with E-state index in [1.165, 1.54) is 57.7 Å². The van der Waals surface area contributed by atoms with Crippen LogP contribution in [0, 0.1) is 12.8 Å². The van der Waals surface area contributed by atoms with Crippen molar-refractivity contribution in [3.05, 3.63) is 150 Å². The Morgan fingerprint density at radius 2 is 1.22 bits per heavy atom. The fourth-order valence-electron chi connectivity index (χ4n) is 5.45. The average Bonchev–Trinajstić information content (AvgIpc) is 3.01. The van der Waals surface area contributed by atoms with E-state index < -0.39 is 0 Å². The summed E-state index contributed by atoms with van der Waals surface area (Å²) in [6.07, 6.45) is 12.9. The number of hydrogen-bond donors (Lipinski definition) is 1. The van der Waals surface area contributed by atoms with Gasteiger partial charge in [-0.25, -0.2) is 0 Å². The average molecular weight is 542 g/mol. The first-order valence-electron chi connectivity index (χ1n) is 14.4. The van der Waals surface area contributed by atoms with Crippen LogP contribution in [0.25, 0.3) is 11.1 Å². The van der Waals surface area contributed by atoms with Gasteiger partial charge in [-0.2, -0.15) is 0 Å². The number of anilines is 3. The number of aryl methyl sites for hydroxylation is 1. The summed E-state index contributed by atoms with van der Waals surface area (Å²) in [5.41, 5.74) is 10.6. The van der Waals surface area contributed by atoms with E-state index in [1.807, 2.05) is 14.1 Å². The van der Waals surface area contributed by atoms with Crippen molar-refractivity contribution in [3.8, 4) is 11.1 Å². The second-order valence-corrected chi connectivity index (χ2v) is 10.8. The van der Waals surface area contributed by atoms with Crippen LogP contribution in [0.3, 0.4) is 0 Å². The smallest absolute Gasteiger partial charge is 0.0411 e. The molecule has 0 radical (unpaired) electrons. The number of benzene rings is 4. The Kier molecular flexibility index (Phi) is 10.4. The lowest BCUT2D eigenvalue weighted by Crippen LogP contribution is -2.27. The Bertz CT molecular complexity index is 1450. The molecule has 0 aromatic heterocycles. The molecule has 0 saturated carbocycles. The molecule has 41 heavy (non-hydrogen) atoms. The fraction of sp³-hybridized carbons (Fsp3) is 0.211. The zero-order valence-electron chi connectivity index (χ0n) is 24.7. The molecule has 0 spiro atoms. The van der Waals surface area contributed by atoms with Gasteiger partial charge in [0, 0.05) is 43.6 Å². The molecule has 1 atom stereocenters. The number of rotatable bonds is 6. The molecule has 6 rings (SSSR count). The van der Waals surface area contributed by atoms with Crippen LogP contribution in [0.1, 0.15) is 24.8 Å². The molecule has 0 heterocycles. The lowest BCUT2D eigenvalue weighted by Gasteiger charge is -2.33. The summed E-state index contributed by atoms with van der Waals surface area (Å²) in [6.45, 7) is 3.08. The van der Waals surface area contributed by atoms with Crippen molar-refractivity contribution in [1.82, 2.24) is 6.15 Å². The van der Waals surface area contributed by atoms with E-state index in [0.29, 0.717) is 5.92 Å². The van der Waals surface area contributed by atoms with Crippen LogP contribution in [0.2, 0.25) is 0 Å². The van der Waals surface area contributed by atoms with E-state index in [-0.39, 0.29) is 6.15 Å². The van der Waals surface area contributed by atoms with E-state index in [1.54, 1.807) is 0 Å². The SMILES string of the molecule is C1=CC2=C(C=CCC2CN(c2ccccc2)c2ccc(-c3ccccc3)cc2)CC1.Cc1ccc(N(C)C)cc1.N. The first-order valence-corrected chi connectivity index (χ1v) is 14.4. The summed E-state index contributed by atoms with van der Waals surface area (Å²) in [5, 5.41) is 0. The minimum absolute atomic E-state index is 0. The van der Waals surface area contributed by atoms with Gasteiger partial charge in [0.1, 0.15) is 0 Å². The third kappa shape index (κ3) is 7.65. The van der Waals surface area contributed by atoms with Gasteiger partial charge in [0.2, 0.25) is 0 Å². The van der Waals surface area contributed by atoms with Gasteiger partial charge >= 0.3 is 0 Å². The minimum atomic E-state index is 0. The topological polar surface area (TPSA) is 41.5 Å². The fourth-order valence-corrected chi connectivity index (χ4v) is 5.45. The van der Waals surface area contributed by atoms with E-state index in [9.17, 15) is 0 Å². The normalized spacial score (nSPS) is 15.2. The number of nitrogens with zero attached hydrogens (tertiary/aromatic N) is 2. The Hall–Kier alpha value is -4.34. The Morgan fingerprint density at radius 3 is 1.88 bits per heavy atom. The largest absolute Gasteiger partial charge is 0.378 e. The lowest BCUT2D eigenvalue weighted by atomic mass is 9.82. The first kappa shape index (κ1) is 29.6. The minimum Gasteiger partial charge on any atom is -0.378 e. The van der Waals surface area contributed by atoms with Gasteiger partial charge in [-0.05, 0) is 84.9 Å². The number of hydrogen-bond acceptors (Lipinski definition) is 3. The van der Waals surface area contributed by atoms with Crippen LogP contribution in [0.5, 0.6) is 0 Å². The van der Waals surface area contributed by atoms with Gasteiger partial charge in [-0.3, -0.25) is 0 Å². The molecule has 0 bridgehead atoms. The highest BCUT2D eigenvalue weighted by Gasteiger charge is 2.23. The maximum absolute atomic E-state index is 2.48. The maximum atomic E-state index is 2.48. The van der Waals surface area contributed by atoms with Crippen molar-refractivity contribution in [2.45, 2.75) is 26.2 Å². The molecule has 4 aromatic carbocycles. The molecule has 210 valence electrons. The highest BCUT2D eigenvalue weighted by atomic mass is 15.1. The van der Waals surface area contributed by atoms with Gasteiger partial charge in [0.25, 0.3) is 0 Å². The Balaban J connectivity index is 0.000000300. The molecule has 0 fully saturated rings. The van der Waals surface area contributed by atoms with Crippen molar-refractivity contribution in [1.29, 1.82) is 0 Å². The van der Waals surface area contributed by atoms with Gasteiger partial charge in [0.15, 0.2) is 0 Å². The molecule has 0 aliphatic heterocycles. The van der Waals surface area contributed by atoms with Crippen molar-refractivity contribution < 1.29 is 0 Å². The van der Waals surface area contributed by atoms with Gasteiger partial charge in [0.05, 0.1) is 0 Å². The number of para-hydroxylation sites is 1. The predicted octanol–water partition coefficient (Wildman–Crippen LogP) is 9.94. The molecular weight excluding hydrogens is 498 g/mol. The lowest BCUT2D eigenvalue weighted by molar-refractivity contribution is 0.617. The third-order valence-corrected chi connectivity index (χ3v) is 7.74. The van der Waals surface area contributed by atoms with E-state index in [4.69, 9.17) is 0 Å². The molecule has 0 amide bonds. The summed E-state index contributed by atoms with van der Waals surface area (Å²) in [4.78, 5) is 4.57. The molecule has 2 aliphatic carbocycles. The zero-order valence-corrected chi connectivity index (χ0v) is 24.7. The third-order valence-electron chi connectivity index (χ3n) is 7.74. The zero-order chi connectivity index (χ0) is 27.7. The van der Waals surface area contributed by atoms with Gasteiger partial charge in [-0.1, -0.05) is 103 Å². The molecule has 3 heteroatoms. The van der Waals surface area contributed by atoms with Crippen LogP contribution in [0.4, 0.5) is 17.1 Å². The summed E-state index contributed by atoms with van der Waals surface area (Å²) in [7, 11) is 4.09. The van der Waals surface area contributed by atoms with Crippen LogP contribution >= 0.6 is 0 Å². The second kappa shape index (κ2) is 14.3. The van der Waals surface area contributed by atoms with E-state index in [2.05, 4.69) is 150 Å².